The van der Waals surface area contributed by atoms with Crippen molar-refractivity contribution in [3.8, 4) is 0 Å². The summed E-state index contributed by atoms with van der Waals surface area (Å²) in [6.07, 6.45) is -3.85. The first kappa shape index (κ1) is 16.6. The summed E-state index contributed by atoms with van der Waals surface area (Å²) < 4.78 is 51.3. The number of hydrogen-bond donors (Lipinski definition) is 1. The van der Waals surface area contributed by atoms with Crippen LogP contribution in [0.2, 0.25) is 0 Å². The highest BCUT2D eigenvalue weighted by Gasteiger charge is 2.31. The number of aromatic nitrogens is 1. The largest absolute Gasteiger partial charge is 0.416 e. The minimum absolute atomic E-state index is 0.215. The highest BCUT2D eigenvalue weighted by atomic mass is 19.4. The number of H-pyrrole nitrogens is 1. The molecule has 0 atom stereocenters. The Balaban J connectivity index is 1.60. The van der Waals surface area contributed by atoms with Crippen molar-refractivity contribution in [2.45, 2.75) is 19.1 Å². The number of carbonyl (C=O) groups is 1. The fraction of sp³-hybridized carbons (Fsp3) is 0.211. The molecule has 0 saturated carbocycles. The van der Waals surface area contributed by atoms with Gasteiger partial charge in [0.2, 0.25) is 0 Å². The molecule has 0 saturated heterocycles. The maximum Gasteiger partial charge on any atom is 0.416 e. The van der Waals surface area contributed by atoms with E-state index >= 15 is 0 Å². The SMILES string of the molecule is O=C(c1ccc(C(F)(F)F)cc1)N1CCc2[nH]c3cc(F)ccc3c2C1. The van der Waals surface area contributed by atoms with Crippen LogP contribution >= 0.6 is 0 Å². The lowest BCUT2D eigenvalue weighted by Gasteiger charge is -2.27. The summed E-state index contributed by atoms with van der Waals surface area (Å²) in [5.74, 6) is -0.658. The molecule has 1 aromatic heterocycles. The number of halogens is 4. The molecule has 1 amide bonds. The molecular weight excluding hydrogens is 348 g/mol. The monoisotopic (exact) mass is 362 g/mol. The molecule has 134 valence electrons. The summed E-state index contributed by atoms with van der Waals surface area (Å²) in [5.41, 5.74) is 1.99. The number of fused-ring (bicyclic) bond motifs is 3. The lowest BCUT2D eigenvalue weighted by Crippen LogP contribution is -2.35. The second-order valence-electron chi connectivity index (χ2n) is 6.32. The van der Waals surface area contributed by atoms with Gasteiger partial charge in [-0.05, 0) is 42.5 Å². The first-order chi connectivity index (χ1) is 12.3. The van der Waals surface area contributed by atoms with Gasteiger partial charge in [0, 0.05) is 47.2 Å². The Kier molecular flexibility index (Phi) is 3.75. The Morgan fingerprint density at radius 1 is 1.08 bits per heavy atom. The van der Waals surface area contributed by atoms with E-state index in [1.54, 1.807) is 11.0 Å². The average Bonchev–Trinajstić information content (AvgIpc) is 2.97. The van der Waals surface area contributed by atoms with Gasteiger partial charge in [-0.15, -0.1) is 0 Å². The number of amides is 1. The second kappa shape index (κ2) is 5.86. The Morgan fingerprint density at radius 3 is 2.50 bits per heavy atom. The molecule has 0 radical (unpaired) electrons. The molecule has 2 aromatic carbocycles. The number of benzene rings is 2. The Morgan fingerprint density at radius 2 is 1.81 bits per heavy atom. The molecule has 0 fully saturated rings. The van der Waals surface area contributed by atoms with E-state index in [-0.39, 0.29) is 17.3 Å². The summed E-state index contributed by atoms with van der Waals surface area (Å²) in [6, 6.07) is 8.68. The van der Waals surface area contributed by atoms with Crippen LogP contribution in [0.3, 0.4) is 0 Å². The van der Waals surface area contributed by atoms with E-state index in [4.69, 9.17) is 0 Å². The minimum Gasteiger partial charge on any atom is -0.358 e. The van der Waals surface area contributed by atoms with Gasteiger partial charge in [-0.25, -0.2) is 4.39 Å². The van der Waals surface area contributed by atoms with E-state index in [0.717, 1.165) is 28.8 Å². The van der Waals surface area contributed by atoms with Gasteiger partial charge >= 0.3 is 6.18 Å². The standard InChI is InChI=1S/C19H14F4N2O/c20-13-5-6-14-15-10-25(8-7-16(15)24-17(14)9-13)18(26)11-1-3-12(4-2-11)19(21,22)23/h1-6,9,24H,7-8,10H2. The van der Waals surface area contributed by atoms with Crippen molar-refractivity contribution in [3.05, 3.63) is 70.7 Å². The number of nitrogens with zero attached hydrogens (tertiary/aromatic N) is 1. The number of aromatic amines is 1. The zero-order valence-electron chi connectivity index (χ0n) is 13.5. The minimum atomic E-state index is -4.43. The van der Waals surface area contributed by atoms with Crippen molar-refractivity contribution < 1.29 is 22.4 Å². The van der Waals surface area contributed by atoms with Crippen LogP contribution in [-0.2, 0) is 19.1 Å². The smallest absolute Gasteiger partial charge is 0.358 e. The summed E-state index contributed by atoms with van der Waals surface area (Å²) in [6.45, 7) is 0.781. The van der Waals surface area contributed by atoms with Crippen LogP contribution in [-0.4, -0.2) is 22.3 Å². The second-order valence-corrected chi connectivity index (χ2v) is 6.32. The van der Waals surface area contributed by atoms with Gasteiger partial charge in [0.15, 0.2) is 0 Å². The number of nitrogens with one attached hydrogen (secondary N) is 1. The van der Waals surface area contributed by atoms with Crippen molar-refractivity contribution in [1.82, 2.24) is 9.88 Å². The van der Waals surface area contributed by atoms with Crippen LogP contribution < -0.4 is 0 Å². The molecule has 26 heavy (non-hydrogen) atoms. The number of hydrogen-bond acceptors (Lipinski definition) is 1. The van der Waals surface area contributed by atoms with Crippen LogP contribution in [0.5, 0.6) is 0 Å². The fourth-order valence-corrected chi connectivity index (χ4v) is 3.35. The lowest BCUT2D eigenvalue weighted by atomic mass is 10.0. The van der Waals surface area contributed by atoms with E-state index < -0.39 is 11.7 Å². The Bertz CT molecular complexity index is 989. The average molecular weight is 362 g/mol. The van der Waals surface area contributed by atoms with Gasteiger partial charge < -0.3 is 9.88 Å². The van der Waals surface area contributed by atoms with Crippen molar-refractivity contribution in [3.63, 3.8) is 0 Å². The molecule has 1 aliphatic rings. The Hall–Kier alpha value is -2.83. The molecule has 3 aromatic rings. The predicted octanol–water partition coefficient (Wildman–Crippen LogP) is 4.52. The summed E-state index contributed by atoms with van der Waals surface area (Å²) in [4.78, 5) is 17.4. The van der Waals surface area contributed by atoms with E-state index in [0.29, 0.717) is 25.0 Å². The molecule has 0 aliphatic carbocycles. The van der Waals surface area contributed by atoms with Crippen LogP contribution in [0.25, 0.3) is 10.9 Å². The van der Waals surface area contributed by atoms with Gasteiger partial charge in [-0.3, -0.25) is 4.79 Å². The first-order valence-electron chi connectivity index (χ1n) is 8.08. The molecule has 3 nitrogen and oxygen atoms in total. The molecular formula is C19H14F4N2O. The van der Waals surface area contributed by atoms with Gasteiger partial charge in [-0.2, -0.15) is 13.2 Å². The highest BCUT2D eigenvalue weighted by Crippen LogP contribution is 2.31. The molecule has 0 bridgehead atoms. The first-order valence-corrected chi connectivity index (χ1v) is 8.08. The third-order valence-electron chi connectivity index (χ3n) is 4.68. The van der Waals surface area contributed by atoms with E-state index in [2.05, 4.69) is 4.98 Å². The fourth-order valence-electron chi connectivity index (χ4n) is 3.35. The van der Waals surface area contributed by atoms with Crippen molar-refractivity contribution >= 4 is 16.8 Å². The highest BCUT2D eigenvalue weighted by molar-refractivity contribution is 5.95. The predicted molar refractivity (Wildman–Crippen MR) is 88.1 cm³/mol. The number of carbonyl (C=O) groups excluding carboxylic acids is 1. The van der Waals surface area contributed by atoms with Crippen molar-refractivity contribution in [1.29, 1.82) is 0 Å². The summed E-state index contributed by atoms with van der Waals surface area (Å²) >= 11 is 0. The number of alkyl halides is 3. The zero-order chi connectivity index (χ0) is 18.5. The third-order valence-corrected chi connectivity index (χ3v) is 4.68. The molecule has 4 rings (SSSR count). The molecule has 0 unspecified atom stereocenters. The summed E-state index contributed by atoms with van der Waals surface area (Å²) in [5, 5.41) is 0.853. The topological polar surface area (TPSA) is 36.1 Å². The molecule has 0 spiro atoms. The summed E-state index contributed by atoms with van der Waals surface area (Å²) in [7, 11) is 0. The van der Waals surface area contributed by atoms with E-state index in [1.807, 2.05) is 0 Å². The van der Waals surface area contributed by atoms with Crippen LogP contribution in [0.1, 0.15) is 27.2 Å². The van der Waals surface area contributed by atoms with Gasteiger partial charge in [0.1, 0.15) is 5.82 Å². The third kappa shape index (κ3) is 2.83. The maximum absolute atomic E-state index is 13.4. The molecule has 1 aliphatic heterocycles. The van der Waals surface area contributed by atoms with Crippen LogP contribution in [0.15, 0.2) is 42.5 Å². The lowest BCUT2D eigenvalue weighted by molar-refractivity contribution is -0.137. The van der Waals surface area contributed by atoms with Gasteiger partial charge in [0.05, 0.1) is 5.56 Å². The zero-order valence-corrected chi connectivity index (χ0v) is 13.5. The maximum atomic E-state index is 13.4. The van der Waals surface area contributed by atoms with E-state index in [9.17, 15) is 22.4 Å². The van der Waals surface area contributed by atoms with Crippen molar-refractivity contribution in [2.24, 2.45) is 0 Å². The molecule has 1 N–H and O–H groups in total. The van der Waals surface area contributed by atoms with Gasteiger partial charge in [0.25, 0.3) is 5.91 Å². The van der Waals surface area contributed by atoms with Crippen LogP contribution in [0.4, 0.5) is 17.6 Å². The van der Waals surface area contributed by atoms with E-state index in [1.165, 1.54) is 24.3 Å². The molecule has 2 heterocycles. The Labute approximate surface area is 146 Å². The van der Waals surface area contributed by atoms with Crippen molar-refractivity contribution in [2.75, 3.05) is 6.54 Å². The quantitative estimate of drug-likeness (QED) is 0.635. The number of rotatable bonds is 1. The normalized spacial score (nSPS) is 14.5. The van der Waals surface area contributed by atoms with Crippen LogP contribution in [0, 0.1) is 5.82 Å². The van der Waals surface area contributed by atoms with Gasteiger partial charge in [-0.1, -0.05) is 0 Å². The molecule has 7 heteroatoms.